The van der Waals surface area contributed by atoms with Crippen molar-refractivity contribution in [3.63, 3.8) is 0 Å². The maximum Gasteiger partial charge on any atom is 0.405 e. The Kier molecular flexibility index (Phi) is 33.5. The van der Waals surface area contributed by atoms with Gasteiger partial charge in [0.25, 0.3) is 0 Å². The van der Waals surface area contributed by atoms with Gasteiger partial charge in [0.15, 0.2) is 11.9 Å². The summed E-state index contributed by atoms with van der Waals surface area (Å²) in [7, 11) is 0. The third-order valence-electron chi connectivity index (χ3n) is 19.5. The Morgan fingerprint density at radius 3 is 1.53 bits per heavy atom. The lowest BCUT2D eigenvalue weighted by molar-refractivity contribution is -0.142. The van der Waals surface area contributed by atoms with Crippen LogP contribution in [0.5, 0.6) is 0 Å². The number of nitrogens with two attached hydrogens (primary N) is 3. The van der Waals surface area contributed by atoms with E-state index in [4.69, 9.17) is 28.8 Å². The molecule has 31 nitrogen and oxygen atoms in total. The predicted octanol–water partition coefficient (Wildman–Crippen LogP) is 3.53. The van der Waals surface area contributed by atoms with Crippen molar-refractivity contribution in [1.29, 1.82) is 0 Å². The van der Waals surface area contributed by atoms with Gasteiger partial charge in [-0.1, -0.05) is 116 Å². The zero-order chi connectivity index (χ0) is 86.0. The van der Waals surface area contributed by atoms with Crippen LogP contribution in [0.3, 0.4) is 0 Å². The number of para-hydroxylation sites is 2. The number of carbonyl (C=O) groups excluding carboxylic acids is 11. The predicted molar refractivity (Wildman–Crippen MR) is 430 cm³/mol. The minimum Gasteiger partial charge on any atom is -0.394 e. The first kappa shape index (κ1) is 91.5. The molecule has 1 aliphatic heterocycles. The average Bonchev–Trinajstić information content (AvgIpc) is 1.61. The number of hydrogen-bond acceptors (Lipinski definition) is 14. The number of aliphatic hydroxyl groups is 1. The topological polar surface area (TPSA) is 478 Å². The number of amides is 11. The number of aliphatic hydroxyl groups excluding tert-OH is 1. The second-order valence-electron chi connectivity index (χ2n) is 29.3. The molecule has 38 heteroatoms. The number of carbonyl (C=O) groups is 11. The van der Waals surface area contributed by atoms with Gasteiger partial charge in [0, 0.05) is 91.5 Å². The van der Waals surface area contributed by atoms with Crippen molar-refractivity contribution in [2.75, 3.05) is 39.3 Å². The number of likely N-dealkylation sites (tertiary alicyclic amines) is 1. The number of aromatic amines is 2. The Morgan fingerprint density at radius 1 is 0.525 bits per heavy atom. The quantitative estimate of drug-likeness (QED) is 0.0113. The number of alkyl halides is 6. The number of halogens is 7. The molecule has 20 N–H and O–H groups in total. The van der Waals surface area contributed by atoms with Gasteiger partial charge in [0.2, 0.25) is 65.0 Å². The van der Waals surface area contributed by atoms with Crippen LogP contribution >= 0.6 is 11.6 Å². The molecule has 0 spiro atoms. The summed E-state index contributed by atoms with van der Waals surface area (Å²) in [6.45, 7) is 0.904. The standard InChI is InChI=1S/C80H100ClF6N19O12/c1-44(2)33-60(69(111)100-59(76(118)106-32-14-23-66(106)75(117)97-45(3)67(88)109)21-11-12-30-92-78(95-42-79(82,83)84)96-43-80(85,86)87)101-72(114)63(37-51-39-93-56-19-9-7-17-54(51)56)103-68(110)58(22-13-31-91-77(89)90)99-74(116)65(41-107)105-73(115)64(38-52-40-94-57-20-10-8-18-55(52)57)104-71(113)62(35-47-25-28-53(81)29-26-47)102-70(112)61(98-46(4)108)36-48-24-27-49-15-5-6-16-50(49)34-48/h5-10,15-20,24-29,34,39-40,44-45,58-66,93-94,107H,11-14,21-23,30-33,35-38,41-43H2,1-4H3,(H2,88,109)(H,97,117)(H,98,108)(H,99,116)(H,100,111)(H,101,114)(H,102,112)(H,103,110)(H,104,113)(H,105,115)(H4,89,90,91)(H2,92,95,96)/t45-,58+,59+,60+,61+,62-,63-,64-,65+,66+/m1/s1. The Morgan fingerprint density at radius 2 is 0.983 bits per heavy atom. The van der Waals surface area contributed by atoms with Gasteiger partial charge >= 0.3 is 12.4 Å². The SMILES string of the molecule is CC(=O)N[C@@H](Cc1ccc2ccccc2c1)C(=O)N[C@H](Cc1ccc(Cl)cc1)C(=O)N[C@H](Cc1c[nH]c2ccccc12)C(=O)N[C@@H](CO)C(=O)N[C@@H](CCCN=C(N)N)C(=O)N[C@H](Cc1c[nH]c2ccccc12)C(=O)N[C@@H](CC(C)C)C(=O)N[C@@H](CCCCN=C(NCC(F)(F)F)NCC(F)(F)F)C(=O)N1CCC[C@H]1C(=O)N[C@H](C)C(N)=O. The van der Waals surface area contributed by atoms with Crippen LogP contribution < -0.4 is 75.7 Å². The number of guanidine groups is 2. The fourth-order valence-electron chi connectivity index (χ4n) is 13.5. The minimum absolute atomic E-state index is 0.00346. The van der Waals surface area contributed by atoms with Crippen LogP contribution in [-0.2, 0) is 78.4 Å². The Balaban J connectivity index is 1.06. The van der Waals surface area contributed by atoms with Crippen LogP contribution in [0, 0.1) is 5.92 Å². The first-order valence-corrected chi connectivity index (χ1v) is 38.8. The maximum atomic E-state index is 15.3. The van der Waals surface area contributed by atoms with Crippen molar-refractivity contribution in [1.82, 2.24) is 73.4 Å². The van der Waals surface area contributed by atoms with E-state index < -0.39 is 169 Å². The molecular formula is C80H100ClF6N19O12. The largest absolute Gasteiger partial charge is 0.405 e. The molecule has 636 valence electrons. The molecule has 1 saturated heterocycles. The van der Waals surface area contributed by atoms with E-state index in [0.717, 1.165) is 10.8 Å². The molecule has 11 amide bonds. The highest BCUT2D eigenvalue weighted by molar-refractivity contribution is 6.30. The fraction of sp³-hybridized carbons (Fsp3) is 0.438. The van der Waals surface area contributed by atoms with E-state index in [1.54, 1.807) is 110 Å². The number of aromatic nitrogens is 2. The van der Waals surface area contributed by atoms with Crippen LogP contribution in [0.1, 0.15) is 101 Å². The number of hydrogen-bond donors (Lipinski definition) is 17. The van der Waals surface area contributed by atoms with Crippen molar-refractivity contribution in [2.24, 2.45) is 33.1 Å². The molecule has 0 aliphatic carbocycles. The average molecular weight is 1670 g/mol. The number of unbranched alkanes of at least 4 members (excludes halogenated alkanes) is 1. The number of nitrogens with zero attached hydrogens (tertiary/aromatic N) is 3. The van der Waals surface area contributed by atoms with E-state index in [0.29, 0.717) is 49.1 Å². The highest BCUT2D eigenvalue weighted by Gasteiger charge is 2.41. The smallest absolute Gasteiger partial charge is 0.394 e. The lowest BCUT2D eigenvalue weighted by Crippen LogP contribution is -2.61. The summed E-state index contributed by atoms with van der Waals surface area (Å²) in [5.41, 5.74) is 20.2. The Labute approximate surface area is 680 Å². The van der Waals surface area contributed by atoms with Crippen molar-refractivity contribution >= 4 is 121 Å². The lowest BCUT2D eigenvalue weighted by atomic mass is 9.99. The zero-order valence-electron chi connectivity index (χ0n) is 65.4. The minimum atomic E-state index is -4.84. The van der Waals surface area contributed by atoms with Crippen molar-refractivity contribution in [2.45, 2.75) is 178 Å². The number of aliphatic imine (C=N–C) groups is 2. The fourth-order valence-corrected chi connectivity index (χ4v) is 13.6. The molecule has 10 atom stereocenters. The summed E-state index contributed by atoms with van der Waals surface area (Å²) in [6, 6.07) is 18.7. The summed E-state index contributed by atoms with van der Waals surface area (Å²) in [5.74, 6) is -11.3. The normalized spacial score (nSPS) is 15.2. The van der Waals surface area contributed by atoms with E-state index in [-0.39, 0.29) is 103 Å². The molecule has 1 aliphatic rings. The molecular weight excluding hydrogens is 1570 g/mol. The van der Waals surface area contributed by atoms with E-state index in [1.807, 2.05) is 42.5 Å². The Hall–Kier alpha value is -12.0. The second-order valence-corrected chi connectivity index (χ2v) is 29.7. The van der Waals surface area contributed by atoms with Crippen molar-refractivity contribution in [3.8, 4) is 0 Å². The molecule has 2 aromatic heterocycles. The molecule has 3 heterocycles. The highest BCUT2D eigenvalue weighted by atomic mass is 35.5. The Bertz CT molecular complexity index is 4710. The number of primary amides is 1. The third-order valence-corrected chi connectivity index (χ3v) is 19.7. The van der Waals surface area contributed by atoms with E-state index >= 15 is 19.2 Å². The van der Waals surface area contributed by atoms with Crippen LogP contribution in [0.15, 0.2) is 138 Å². The van der Waals surface area contributed by atoms with Crippen LogP contribution in [0.2, 0.25) is 5.02 Å². The van der Waals surface area contributed by atoms with Gasteiger partial charge < -0.3 is 95.7 Å². The monoisotopic (exact) mass is 1670 g/mol. The molecule has 8 rings (SSSR count). The summed E-state index contributed by atoms with van der Waals surface area (Å²) >= 11 is 6.27. The van der Waals surface area contributed by atoms with Gasteiger partial charge in [0.05, 0.1) is 6.61 Å². The molecule has 0 radical (unpaired) electrons. The highest BCUT2D eigenvalue weighted by Crippen LogP contribution is 2.26. The second kappa shape index (κ2) is 43.3. The third kappa shape index (κ3) is 28.4. The van der Waals surface area contributed by atoms with Gasteiger partial charge in [-0.15, -0.1) is 0 Å². The van der Waals surface area contributed by atoms with Gasteiger partial charge in [-0.05, 0) is 121 Å². The van der Waals surface area contributed by atoms with Crippen LogP contribution in [0.25, 0.3) is 32.6 Å². The molecule has 1 fully saturated rings. The van der Waals surface area contributed by atoms with E-state index in [2.05, 4.69) is 67.8 Å². The molecule has 7 aromatic rings. The van der Waals surface area contributed by atoms with Crippen LogP contribution in [0.4, 0.5) is 26.3 Å². The zero-order valence-corrected chi connectivity index (χ0v) is 66.1. The summed E-state index contributed by atoms with van der Waals surface area (Å²) in [5, 5.41) is 42.1. The maximum absolute atomic E-state index is 15.3. The molecule has 0 unspecified atom stereocenters. The summed E-state index contributed by atoms with van der Waals surface area (Å²) in [4.78, 5) is 173. The number of H-pyrrole nitrogens is 2. The lowest BCUT2D eigenvalue weighted by Gasteiger charge is -2.31. The van der Waals surface area contributed by atoms with Gasteiger partial charge in [-0.2, -0.15) is 26.3 Å². The molecule has 5 aromatic carbocycles. The van der Waals surface area contributed by atoms with Crippen molar-refractivity contribution < 1.29 is 84.2 Å². The van der Waals surface area contributed by atoms with Crippen molar-refractivity contribution in [3.05, 3.63) is 155 Å². The molecule has 0 saturated carbocycles. The van der Waals surface area contributed by atoms with E-state index in [1.165, 1.54) is 18.7 Å². The van der Waals surface area contributed by atoms with Gasteiger partial charge in [-0.25, -0.2) is 0 Å². The first-order valence-electron chi connectivity index (χ1n) is 38.5. The first-order chi connectivity index (χ1) is 56.0. The molecule has 118 heavy (non-hydrogen) atoms. The number of benzene rings is 5. The van der Waals surface area contributed by atoms with Crippen LogP contribution in [-0.4, -0.2) is 209 Å². The van der Waals surface area contributed by atoms with E-state index in [9.17, 15) is 65.0 Å². The van der Waals surface area contributed by atoms with Gasteiger partial charge in [-0.3, -0.25) is 62.7 Å². The summed E-state index contributed by atoms with van der Waals surface area (Å²) < 4.78 is 79.1. The summed E-state index contributed by atoms with van der Waals surface area (Å²) in [6.07, 6.45) is -7.67. The number of rotatable bonds is 41. The number of nitrogens with one attached hydrogen (secondary N) is 13. The van der Waals surface area contributed by atoms with Gasteiger partial charge in [0.1, 0.15) is 73.5 Å². The number of fused-ring (bicyclic) bond motifs is 3. The molecule has 0 bridgehead atoms.